The van der Waals surface area contributed by atoms with Crippen molar-refractivity contribution in [3.05, 3.63) is 59.0 Å². The van der Waals surface area contributed by atoms with Crippen LogP contribution in [0.5, 0.6) is 11.6 Å². The lowest BCUT2D eigenvalue weighted by atomic mass is 10.1. The first kappa shape index (κ1) is 13.3. The van der Waals surface area contributed by atoms with Gasteiger partial charge in [-0.15, -0.1) is 11.6 Å². The zero-order valence-electron chi connectivity index (χ0n) is 10.4. The van der Waals surface area contributed by atoms with Gasteiger partial charge in [0.15, 0.2) is 0 Å². The van der Waals surface area contributed by atoms with Crippen molar-refractivity contribution in [1.29, 1.82) is 0 Å². The maximum absolute atomic E-state index is 5.78. The van der Waals surface area contributed by atoms with E-state index in [0.717, 1.165) is 15.2 Å². The van der Waals surface area contributed by atoms with E-state index in [1.807, 2.05) is 30.3 Å². The van der Waals surface area contributed by atoms with Gasteiger partial charge in [0.05, 0.1) is 22.2 Å². The van der Waals surface area contributed by atoms with E-state index < -0.39 is 0 Å². The fourth-order valence-corrected chi connectivity index (χ4v) is 2.61. The fraction of sp³-hybridized carbons (Fsp3) is 0.0667. The predicted molar refractivity (Wildman–Crippen MR) is 83.3 cm³/mol. The summed E-state index contributed by atoms with van der Waals surface area (Å²) in [5.74, 6) is 1.44. The molecule has 1 aromatic heterocycles. The van der Waals surface area contributed by atoms with Crippen LogP contribution in [0.1, 0.15) is 5.69 Å². The Hall–Kier alpha value is -1.65. The third kappa shape index (κ3) is 2.62. The third-order valence-corrected chi connectivity index (χ3v) is 3.93. The summed E-state index contributed by atoms with van der Waals surface area (Å²) in [5, 5.41) is 2.23. The standard InChI is InChI=1S/C15H10BrClN2O/c16-15-12-4-2-1-3-10(12)5-6-13(15)20-14-9-18-8-11(7-17)19-14/h1-6,8-9H,7H2. The van der Waals surface area contributed by atoms with E-state index in [1.165, 1.54) is 0 Å². The molecule has 100 valence electrons. The van der Waals surface area contributed by atoms with E-state index in [1.54, 1.807) is 12.4 Å². The summed E-state index contributed by atoms with van der Waals surface area (Å²) < 4.78 is 6.68. The highest BCUT2D eigenvalue weighted by Gasteiger charge is 2.08. The number of benzene rings is 2. The van der Waals surface area contributed by atoms with E-state index >= 15 is 0 Å². The average molecular weight is 350 g/mol. The van der Waals surface area contributed by atoms with E-state index in [0.29, 0.717) is 23.2 Å². The molecule has 3 nitrogen and oxygen atoms in total. The Morgan fingerprint density at radius 2 is 1.95 bits per heavy atom. The topological polar surface area (TPSA) is 35.0 Å². The Labute approximate surface area is 129 Å². The summed E-state index contributed by atoms with van der Waals surface area (Å²) >= 11 is 9.32. The number of halogens is 2. The molecule has 0 bridgehead atoms. The summed E-state index contributed by atoms with van der Waals surface area (Å²) in [6.45, 7) is 0. The van der Waals surface area contributed by atoms with Crippen LogP contribution in [0.25, 0.3) is 10.8 Å². The normalized spacial score (nSPS) is 10.7. The van der Waals surface area contributed by atoms with Gasteiger partial charge in [-0.2, -0.15) is 0 Å². The SMILES string of the molecule is ClCc1cncc(Oc2ccc3ccccc3c2Br)n1. The maximum Gasteiger partial charge on any atom is 0.238 e. The van der Waals surface area contributed by atoms with Crippen molar-refractivity contribution >= 4 is 38.3 Å². The number of alkyl halides is 1. The molecule has 3 aromatic rings. The summed E-state index contributed by atoms with van der Waals surface area (Å²) in [5.41, 5.74) is 0.682. The average Bonchev–Trinajstić information content (AvgIpc) is 2.50. The first-order valence-electron chi connectivity index (χ1n) is 6.00. The molecule has 0 saturated heterocycles. The molecule has 0 N–H and O–H groups in total. The smallest absolute Gasteiger partial charge is 0.238 e. The maximum atomic E-state index is 5.78. The van der Waals surface area contributed by atoms with Gasteiger partial charge in [0.2, 0.25) is 5.88 Å². The van der Waals surface area contributed by atoms with Crippen molar-refractivity contribution in [3.63, 3.8) is 0 Å². The van der Waals surface area contributed by atoms with Crippen LogP contribution in [0, 0.1) is 0 Å². The highest BCUT2D eigenvalue weighted by atomic mass is 79.9. The number of rotatable bonds is 3. The molecular weight excluding hydrogens is 340 g/mol. The Morgan fingerprint density at radius 3 is 2.80 bits per heavy atom. The lowest BCUT2D eigenvalue weighted by Gasteiger charge is -2.09. The molecule has 0 amide bonds. The molecule has 0 aliphatic rings. The van der Waals surface area contributed by atoms with Gasteiger partial charge in [0, 0.05) is 6.20 Å². The van der Waals surface area contributed by atoms with Crippen LogP contribution in [0.2, 0.25) is 0 Å². The molecule has 0 saturated carbocycles. The summed E-state index contributed by atoms with van der Waals surface area (Å²) in [7, 11) is 0. The van der Waals surface area contributed by atoms with Gasteiger partial charge in [0.25, 0.3) is 0 Å². The quantitative estimate of drug-likeness (QED) is 0.629. The largest absolute Gasteiger partial charge is 0.436 e. The highest BCUT2D eigenvalue weighted by molar-refractivity contribution is 9.10. The van der Waals surface area contributed by atoms with Gasteiger partial charge in [-0.3, -0.25) is 4.98 Å². The lowest BCUT2D eigenvalue weighted by Crippen LogP contribution is -1.94. The van der Waals surface area contributed by atoms with Crippen LogP contribution >= 0.6 is 27.5 Å². The first-order valence-corrected chi connectivity index (χ1v) is 7.32. The fourth-order valence-electron chi connectivity index (χ4n) is 1.90. The minimum Gasteiger partial charge on any atom is -0.436 e. The molecule has 0 aliphatic heterocycles. The van der Waals surface area contributed by atoms with Gasteiger partial charge >= 0.3 is 0 Å². The molecular formula is C15H10BrClN2O. The second kappa shape index (κ2) is 5.77. The zero-order chi connectivity index (χ0) is 13.9. The van der Waals surface area contributed by atoms with Crippen molar-refractivity contribution in [2.75, 3.05) is 0 Å². The molecule has 20 heavy (non-hydrogen) atoms. The monoisotopic (exact) mass is 348 g/mol. The van der Waals surface area contributed by atoms with Crippen LogP contribution in [0.3, 0.4) is 0 Å². The second-order valence-corrected chi connectivity index (χ2v) is 5.24. The van der Waals surface area contributed by atoms with Crippen molar-refractivity contribution < 1.29 is 4.74 Å². The summed E-state index contributed by atoms with van der Waals surface area (Å²) in [6, 6.07) is 12.0. The highest BCUT2D eigenvalue weighted by Crippen LogP contribution is 2.35. The molecule has 5 heteroatoms. The Morgan fingerprint density at radius 1 is 1.10 bits per heavy atom. The summed E-state index contributed by atoms with van der Waals surface area (Å²) in [6.07, 6.45) is 3.19. The van der Waals surface area contributed by atoms with Crippen LogP contribution in [0.15, 0.2) is 53.3 Å². The minimum absolute atomic E-state index is 0.309. The van der Waals surface area contributed by atoms with E-state index in [2.05, 4.69) is 32.0 Å². The Balaban J connectivity index is 2.00. The third-order valence-electron chi connectivity index (χ3n) is 2.84. The number of fused-ring (bicyclic) bond motifs is 1. The van der Waals surface area contributed by atoms with Gasteiger partial charge < -0.3 is 4.74 Å². The molecule has 0 fully saturated rings. The number of nitrogens with zero attached hydrogens (tertiary/aromatic N) is 2. The molecule has 0 aliphatic carbocycles. The van der Waals surface area contributed by atoms with Crippen LogP contribution < -0.4 is 4.74 Å². The van der Waals surface area contributed by atoms with E-state index in [4.69, 9.17) is 16.3 Å². The molecule has 0 radical (unpaired) electrons. The van der Waals surface area contributed by atoms with Crippen molar-refractivity contribution in [2.24, 2.45) is 0 Å². The predicted octanol–water partition coefficient (Wildman–Crippen LogP) is 4.92. The molecule has 0 spiro atoms. The van der Waals surface area contributed by atoms with Crippen LogP contribution in [-0.4, -0.2) is 9.97 Å². The number of hydrogen-bond donors (Lipinski definition) is 0. The van der Waals surface area contributed by atoms with E-state index in [-0.39, 0.29) is 0 Å². The number of hydrogen-bond acceptors (Lipinski definition) is 3. The molecule has 2 aromatic carbocycles. The van der Waals surface area contributed by atoms with E-state index in [9.17, 15) is 0 Å². The van der Waals surface area contributed by atoms with Gasteiger partial charge in [-0.1, -0.05) is 30.3 Å². The number of aromatic nitrogens is 2. The summed E-state index contributed by atoms with van der Waals surface area (Å²) in [4.78, 5) is 8.33. The zero-order valence-corrected chi connectivity index (χ0v) is 12.7. The van der Waals surface area contributed by atoms with Crippen LogP contribution in [-0.2, 0) is 5.88 Å². The molecule has 0 atom stereocenters. The van der Waals surface area contributed by atoms with Crippen molar-refractivity contribution in [3.8, 4) is 11.6 Å². The van der Waals surface area contributed by atoms with Gasteiger partial charge in [-0.05, 0) is 32.8 Å². The first-order chi connectivity index (χ1) is 9.78. The van der Waals surface area contributed by atoms with Gasteiger partial charge in [0.1, 0.15) is 5.75 Å². The van der Waals surface area contributed by atoms with Crippen molar-refractivity contribution in [2.45, 2.75) is 5.88 Å². The Kier molecular flexibility index (Phi) is 3.85. The van der Waals surface area contributed by atoms with Crippen LogP contribution in [0.4, 0.5) is 0 Å². The van der Waals surface area contributed by atoms with Gasteiger partial charge in [-0.25, -0.2) is 4.98 Å². The van der Waals surface area contributed by atoms with Crippen molar-refractivity contribution in [1.82, 2.24) is 9.97 Å². The molecule has 1 heterocycles. The molecule has 3 rings (SSSR count). The number of ether oxygens (including phenoxy) is 1. The Bertz CT molecular complexity index is 764. The lowest BCUT2D eigenvalue weighted by molar-refractivity contribution is 0.456. The second-order valence-electron chi connectivity index (χ2n) is 4.18. The molecule has 0 unspecified atom stereocenters. The minimum atomic E-state index is 0.309.